The molecule has 1 aliphatic carbocycles. The van der Waals surface area contributed by atoms with E-state index in [0.29, 0.717) is 51.3 Å². The Kier molecular flexibility index (Phi) is 7.67. The molecule has 1 aromatic heterocycles. The van der Waals surface area contributed by atoms with Crippen LogP contribution in [0.4, 0.5) is 10.8 Å². The largest absolute Gasteiger partial charge is 0.497 e. The Labute approximate surface area is 234 Å². The Hall–Kier alpha value is -4.14. The summed E-state index contributed by atoms with van der Waals surface area (Å²) in [6, 6.07) is 17.2. The Morgan fingerprint density at radius 2 is 2.05 bits per heavy atom. The second-order valence-electron chi connectivity index (χ2n) is 9.15. The fourth-order valence-corrected chi connectivity index (χ4v) is 6.45. The number of hydrogen-bond acceptors (Lipinski definition) is 10. The molecule has 1 unspecified atom stereocenters. The number of allylic oxidation sites excluding steroid dienone is 3. The molecule has 39 heavy (non-hydrogen) atoms. The van der Waals surface area contributed by atoms with E-state index in [0.717, 1.165) is 16.8 Å². The number of carbonyl (C=O) groups excluding carboxylic acids is 2. The molecule has 3 aromatic rings. The van der Waals surface area contributed by atoms with Crippen molar-refractivity contribution >= 4 is 45.6 Å². The number of aromatic nitrogens is 2. The molecule has 0 fully saturated rings. The smallest absolute Gasteiger partial charge is 0.234 e. The zero-order chi connectivity index (χ0) is 27.5. The number of methoxy groups -OCH3 is 1. The molecular formula is C28H26N6O3S2. The molecule has 2 heterocycles. The molecule has 1 atom stereocenters. The van der Waals surface area contributed by atoms with Gasteiger partial charge in [-0.1, -0.05) is 59.0 Å². The van der Waals surface area contributed by atoms with E-state index in [1.54, 1.807) is 36.3 Å². The Balaban J connectivity index is 1.40. The Morgan fingerprint density at radius 1 is 1.26 bits per heavy atom. The lowest BCUT2D eigenvalue weighted by atomic mass is 9.75. The van der Waals surface area contributed by atoms with E-state index in [1.807, 2.05) is 31.2 Å². The lowest BCUT2D eigenvalue weighted by Gasteiger charge is -2.38. The van der Waals surface area contributed by atoms with Gasteiger partial charge in [-0.15, -0.1) is 10.2 Å². The van der Waals surface area contributed by atoms with Crippen LogP contribution in [0.15, 0.2) is 75.5 Å². The van der Waals surface area contributed by atoms with E-state index in [9.17, 15) is 14.9 Å². The molecule has 0 saturated heterocycles. The minimum absolute atomic E-state index is 0.0143. The number of nitrogens with zero attached hydrogens (tertiary/aromatic N) is 4. The number of nitrogens with one attached hydrogen (secondary N) is 1. The molecule has 3 N–H and O–H groups in total. The van der Waals surface area contributed by atoms with Crippen molar-refractivity contribution in [1.82, 2.24) is 10.2 Å². The number of ketones is 1. The monoisotopic (exact) mass is 558 g/mol. The van der Waals surface area contributed by atoms with Crippen LogP contribution in [0.2, 0.25) is 0 Å². The van der Waals surface area contributed by atoms with E-state index >= 15 is 0 Å². The van der Waals surface area contributed by atoms with Gasteiger partial charge in [0.2, 0.25) is 11.0 Å². The van der Waals surface area contributed by atoms with Crippen molar-refractivity contribution in [1.29, 1.82) is 5.26 Å². The van der Waals surface area contributed by atoms with Crippen molar-refractivity contribution < 1.29 is 14.3 Å². The number of amides is 1. The van der Waals surface area contributed by atoms with Gasteiger partial charge in [-0.25, -0.2) is 0 Å². The van der Waals surface area contributed by atoms with Gasteiger partial charge in [-0.2, -0.15) is 5.26 Å². The highest BCUT2D eigenvalue weighted by molar-refractivity contribution is 8.01. The van der Waals surface area contributed by atoms with Crippen LogP contribution in [0.1, 0.15) is 36.3 Å². The molecular weight excluding hydrogens is 532 g/mol. The van der Waals surface area contributed by atoms with E-state index in [2.05, 4.69) is 21.6 Å². The number of anilines is 2. The molecule has 0 radical (unpaired) electrons. The number of Topliss-reactive ketones (excluding diaryl/α,β-unsaturated/α-hetero) is 1. The molecule has 5 rings (SSSR count). The first kappa shape index (κ1) is 26.5. The predicted molar refractivity (Wildman–Crippen MR) is 151 cm³/mol. The van der Waals surface area contributed by atoms with E-state index in [-0.39, 0.29) is 23.3 Å². The molecule has 9 nitrogen and oxygen atoms in total. The highest BCUT2D eigenvalue weighted by atomic mass is 32.2. The quantitative estimate of drug-likeness (QED) is 0.389. The maximum atomic E-state index is 13.3. The van der Waals surface area contributed by atoms with Gasteiger partial charge in [0.05, 0.1) is 30.4 Å². The number of rotatable bonds is 7. The molecule has 0 saturated carbocycles. The molecule has 11 heteroatoms. The van der Waals surface area contributed by atoms with Gasteiger partial charge in [0.15, 0.2) is 10.1 Å². The number of nitriles is 1. The maximum absolute atomic E-state index is 13.3. The van der Waals surface area contributed by atoms with Crippen LogP contribution in [-0.2, 0) is 9.59 Å². The SMILES string of the molecule is COc1cccc(NC(=O)CSc2nnc(N3C(N)=C(C#N)C(c4ccc(C)cc4)C4=C3CCCC4=O)s2)c1. The van der Waals surface area contributed by atoms with Gasteiger partial charge >= 0.3 is 0 Å². The van der Waals surface area contributed by atoms with Crippen molar-refractivity contribution in [2.75, 3.05) is 23.1 Å². The lowest BCUT2D eigenvalue weighted by Crippen LogP contribution is -2.38. The zero-order valence-electron chi connectivity index (χ0n) is 21.4. The summed E-state index contributed by atoms with van der Waals surface area (Å²) in [4.78, 5) is 27.5. The van der Waals surface area contributed by atoms with Crippen LogP contribution < -0.4 is 20.7 Å². The van der Waals surface area contributed by atoms with Crippen LogP contribution in [0, 0.1) is 18.3 Å². The second-order valence-corrected chi connectivity index (χ2v) is 11.3. The highest BCUT2D eigenvalue weighted by Crippen LogP contribution is 2.47. The van der Waals surface area contributed by atoms with Crippen molar-refractivity contribution in [3.8, 4) is 11.8 Å². The van der Waals surface area contributed by atoms with Gasteiger partial charge in [0.1, 0.15) is 11.6 Å². The molecule has 1 aliphatic heterocycles. The first-order valence-corrected chi connectivity index (χ1v) is 14.1. The minimum Gasteiger partial charge on any atom is -0.497 e. The van der Waals surface area contributed by atoms with Gasteiger partial charge in [-0.3, -0.25) is 14.5 Å². The van der Waals surface area contributed by atoms with Crippen molar-refractivity contribution in [3.05, 3.63) is 82.3 Å². The molecule has 0 spiro atoms. The summed E-state index contributed by atoms with van der Waals surface area (Å²) in [5.74, 6) is 0.329. The third-order valence-electron chi connectivity index (χ3n) is 6.59. The highest BCUT2D eigenvalue weighted by Gasteiger charge is 2.41. The summed E-state index contributed by atoms with van der Waals surface area (Å²) in [6.45, 7) is 1.99. The topological polar surface area (TPSA) is 134 Å². The van der Waals surface area contributed by atoms with E-state index in [4.69, 9.17) is 10.5 Å². The summed E-state index contributed by atoms with van der Waals surface area (Å²) in [7, 11) is 1.57. The van der Waals surface area contributed by atoms with Gasteiger partial charge in [-0.05, 0) is 37.5 Å². The number of nitrogens with two attached hydrogens (primary N) is 1. The standard InChI is InChI=1S/C28H26N6O3S2/c1-16-9-11-17(12-10-16)24-20(14-29)26(30)34(21-7-4-8-22(35)25(21)24)27-32-33-28(39-27)38-15-23(36)31-18-5-3-6-19(13-18)37-2/h3,5-6,9-13,24H,4,7-8,15,30H2,1-2H3,(H,31,36). The van der Waals surface area contributed by atoms with Gasteiger partial charge < -0.3 is 15.8 Å². The Morgan fingerprint density at radius 3 is 2.79 bits per heavy atom. The number of aryl methyl sites for hydroxylation is 1. The summed E-state index contributed by atoms with van der Waals surface area (Å²) in [5.41, 5.74) is 10.9. The third-order valence-corrected chi connectivity index (χ3v) is 8.63. The maximum Gasteiger partial charge on any atom is 0.234 e. The molecule has 0 bridgehead atoms. The summed E-state index contributed by atoms with van der Waals surface area (Å²) in [5, 5.41) is 22.0. The molecule has 198 valence electrons. The van der Waals surface area contributed by atoms with E-state index in [1.165, 1.54) is 23.1 Å². The molecule has 2 aliphatic rings. The summed E-state index contributed by atoms with van der Waals surface area (Å²) < 4.78 is 5.77. The van der Waals surface area contributed by atoms with Crippen LogP contribution in [0.25, 0.3) is 0 Å². The van der Waals surface area contributed by atoms with Gasteiger partial charge in [0, 0.05) is 29.4 Å². The molecule has 2 aromatic carbocycles. The van der Waals surface area contributed by atoms with Crippen LogP contribution >= 0.6 is 23.1 Å². The first-order chi connectivity index (χ1) is 18.9. The summed E-state index contributed by atoms with van der Waals surface area (Å²) >= 11 is 2.51. The number of thioether (sulfide) groups is 1. The number of benzene rings is 2. The zero-order valence-corrected chi connectivity index (χ0v) is 23.1. The van der Waals surface area contributed by atoms with Crippen molar-refractivity contribution in [2.24, 2.45) is 5.73 Å². The average Bonchev–Trinajstić information content (AvgIpc) is 3.40. The normalized spacial score (nSPS) is 17.1. The fourth-order valence-electron chi connectivity index (χ4n) is 4.77. The third kappa shape index (κ3) is 5.39. The molecule has 1 amide bonds. The number of hydrogen-bond donors (Lipinski definition) is 2. The van der Waals surface area contributed by atoms with Crippen LogP contribution in [-0.4, -0.2) is 34.8 Å². The van der Waals surface area contributed by atoms with Crippen molar-refractivity contribution in [2.45, 2.75) is 36.4 Å². The van der Waals surface area contributed by atoms with Crippen molar-refractivity contribution in [3.63, 3.8) is 0 Å². The first-order valence-electron chi connectivity index (χ1n) is 12.3. The lowest BCUT2D eigenvalue weighted by molar-refractivity contribution is -0.116. The number of carbonyl (C=O) groups is 2. The minimum atomic E-state index is -0.517. The summed E-state index contributed by atoms with van der Waals surface area (Å²) in [6.07, 6.45) is 1.75. The number of ether oxygens (including phenoxy) is 1. The predicted octanol–water partition coefficient (Wildman–Crippen LogP) is 4.89. The Bertz CT molecular complexity index is 1540. The van der Waals surface area contributed by atoms with Crippen LogP contribution in [0.5, 0.6) is 5.75 Å². The van der Waals surface area contributed by atoms with Gasteiger partial charge in [0.25, 0.3) is 0 Å². The second kappa shape index (κ2) is 11.3. The average molecular weight is 559 g/mol. The fraction of sp³-hybridized carbons (Fsp3) is 0.250. The van der Waals surface area contributed by atoms with E-state index < -0.39 is 5.92 Å². The van der Waals surface area contributed by atoms with Crippen LogP contribution in [0.3, 0.4) is 0 Å².